The molecule has 1 unspecified atom stereocenters. The molecule has 0 fully saturated rings. The fraction of sp³-hybridized carbons (Fsp3) is 0.909. The van der Waals surface area contributed by atoms with E-state index >= 15 is 0 Å². The Morgan fingerprint density at radius 3 is 2.53 bits per heavy atom. The first-order valence-corrected chi connectivity index (χ1v) is 5.83. The minimum atomic E-state index is -0.895. The van der Waals surface area contributed by atoms with Gasteiger partial charge in [0.1, 0.15) is 6.04 Å². The van der Waals surface area contributed by atoms with Crippen LogP contribution in [0.5, 0.6) is 0 Å². The lowest BCUT2D eigenvalue weighted by molar-refractivity contribution is -0.141. The third kappa shape index (κ3) is 10.2. The number of ether oxygens (including phenoxy) is 3. The Hall–Kier alpha value is -0.690. The van der Waals surface area contributed by atoms with E-state index in [4.69, 9.17) is 19.3 Å². The SMILES string of the molecule is CCNC(COCCOCCCOC)C(=O)O. The van der Waals surface area contributed by atoms with E-state index in [2.05, 4.69) is 5.32 Å². The minimum Gasteiger partial charge on any atom is -0.480 e. The largest absolute Gasteiger partial charge is 0.480 e. The number of carboxylic acids is 1. The monoisotopic (exact) mass is 249 g/mol. The predicted molar refractivity (Wildman–Crippen MR) is 63.2 cm³/mol. The summed E-state index contributed by atoms with van der Waals surface area (Å²) in [4.78, 5) is 10.7. The average molecular weight is 249 g/mol. The summed E-state index contributed by atoms with van der Waals surface area (Å²) in [6, 6.07) is -0.645. The molecule has 0 aliphatic heterocycles. The molecule has 1 atom stereocenters. The van der Waals surface area contributed by atoms with Crippen LogP contribution in [0.1, 0.15) is 13.3 Å². The fourth-order valence-corrected chi connectivity index (χ4v) is 1.19. The summed E-state index contributed by atoms with van der Waals surface area (Å²) in [5.41, 5.74) is 0. The van der Waals surface area contributed by atoms with Crippen molar-refractivity contribution >= 4 is 5.97 Å². The number of carbonyl (C=O) groups is 1. The van der Waals surface area contributed by atoms with Gasteiger partial charge in [0.25, 0.3) is 0 Å². The third-order valence-electron chi connectivity index (χ3n) is 2.04. The molecule has 0 saturated heterocycles. The van der Waals surface area contributed by atoms with Crippen LogP contribution in [0.2, 0.25) is 0 Å². The van der Waals surface area contributed by atoms with Crippen molar-refractivity contribution in [3.05, 3.63) is 0 Å². The molecule has 0 spiro atoms. The highest BCUT2D eigenvalue weighted by molar-refractivity contribution is 5.73. The van der Waals surface area contributed by atoms with Crippen molar-refractivity contribution in [3.8, 4) is 0 Å². The second kappa shape index (κ2) is 11.8. The van der Waals surface area contributed by atoms with Crippen LogP contribution in [0.25, 0.3) is 0 Å². The van der Waals surface area contributed by atoms with Gasteiger partial charge in [-0.25, -0.2) is 0 Å². The maximum absolute atomic E-state index is 10.7. The Balaban J connectivity index is 3.33. The molecule has 17 heavy (non-hydrogen) atoms. The second-order valence-corrected chi connectivity index (χ2v) is 3.48. The van der Waals surface area contributed by atoms with Gasteiger partial charge in [0.05, 0.1) is 19.8 Å². The van der Waals surface area contributed by atoms with Crippen molar-refractivity contribution in [1.82, 2.24) is 5.32 Å². The van der Waals surface area contributed by atoms with Gasteiger partial charge in [-0.15, -0.1) is 0 Å². The molecule has 6 nitrogen and oxygen atoms in total. The number of methoxy groups -OCH3 is 1. The van der Waals surface area contributed by atoms with E-state index in [1.807, 2.05) is 6.92 Å². The first-order chi connectivity index (χ1) is 8.22. The minimum absolute atomic E-state index is 0.157. The van der Waals surface area contributed by atoms with Crippen molar-refractivity contribution in [2.24, 2.45) is 0 Å². The van der Waals surface area contributed by atoms with Crippen molar-refractivity contribution in [2.45, 2.75) is 19.4 Å². The fourth-order valence-electron chi connectivity index (χ4n) is 1.19. The molecule has 0 aromatic heterocycles. The molecule has 0 saturated carbocycles. The number of hydrogen-bond acceptors (Lipinski definition) is 5. The number of carboxylic acid groups (broad SMARTS) is 1. The van der Waals surface area contributed by atoms with Gasteiger partial charge in [0.15, 0.2) is 0 Å². The molecular weight excluding hydrogens is 226 g/mol. The van der Waals surface area contributed by atoms with Crippen LogP contribution in [0.15, 0.2) is 0 Å². The molecule has 0 heterocycles. The van der Waals surface area contributed by atoms with Crippen LogP contribution in [-0.2, 0) is 19.0 Å². The maximum Gasteiger partial charge on any atom is 0.323 e. The van der Waals surface area contributed by atoms with E-state index in [-0.39, 0.29) is 6.61 Å². The van der Waals surface area contributed by atoms with E-state index in [1.54, 1.807) is 7.11 Å². The smallest absolute Gasteiger partial charge is 0.323 e. The Morgan fingerprint density at radius 2 is 1.94 bits per heavy atom. The van der Waals surface area contributed by atoms with Crippen molar-refractivity contribution in [3.63, 3.8) is 0 Å². The molecular formula is C11H23NO5. The second-order valence-electron chi connectivity index (χ2n) is 3.48. The molecule has 0 radical (unpaired) electrons. The number of nitrogens with one attached hydrogen (secondary N) is 1. The average Bonchev–Trinajstić information content (AvgIpc) is 2.31. The van der Waals surface area contributed by atoms with Crippen LogP contribution < -0.4 is 5.32 Å². The molecule has 0 aromatic rings. The topological polar surface area (TPSA) is 77.0 Å². The molecule has 0 aliphatic carbocycles. The van der Waals surface area contributed by atoms with E-state index in [0.717, 1.165) is 6.42 Å². The summed E-state index contributed by atoms with van der Waals surface area (Å²) in [6.07, 6.45) is 0.853. The zero-order chi connectivity index (χ0) is 12.9. The van der Waals surface area contributed by atoms with Crippen LogP contribution in [0, 0.1) is 0 Å². The molecule has 0 aromatic carbocycles. The first kappa shape index (κ1) is 16.3. The Morgan fingerprint density at radius 1 is 1.24 bits per heavy atom. The standard InChI is InChI=1S/C11H23NO5/c1-3-12-10(11(13)14)9-17-8-7-16-6-4-5-15-2/h10,12H,3-9H2,1-2H3,(H,13,14). The highest BCUT2D eigenvalue weighted by Gasteiger charge is 2.15. The highest BCUT2D eigenvalue weighted by Crippen LogP contribution is 1.88. The third-order valence-corrected chi connectivity index (χ3v) is 2.04. The van der Waals surface area contributed by atoms with E-state index in [1.165, 1.54) is 0 Å². The zero-order valence-electron chi connectivity index (χ0n) is 10.6. The molecule has 6 heteroatoms. The summed E-state index contributed by atoms with van der Waals surface area (Å²) < 4.78 is 15.4. The molecule has 2 N–H and O–H groups in total. The first-order valence-electron chi connectivity index (χ1n) is 5.83. The van der Waals surface area contributed by atoms with Gasteiger partial charge in [0, 0.05) is 20.3 Å². The number of hydrogen-bond donors (Lipinski definition) is 2. The summed E-state index contributed by atoms with van der Waals surface area (Å²) in [6.45, 7) is 4.81. The molecule has 0 aliphatic rings. The van der Waals surface area contributed by atoms with E-state index < -0.39 is 12.0 Å². The van der Waals surface area contributed by atoms with Gasteiger partial charge in [-0.1, -0.05) is 6.92 Å². The van der Waals surface area contributed by atoms with Crippen LogP contribution in [-0.4, -0.2) is 63.8 Å². The number of aliphatic carboxylic acids is 1. The number of rotatable bonds is 12. The van der Waals surface area contributed by atoms with E-state index in [9.17, 15) is 4.79 Å². The lowest BCUT2D eigenvalue weighted by Gasteiger charge is -2.13. The molecule has 102 valence electrons. The van der Waals surface area contributed by atoms with Crippen LogP contribution in [0.3, 0.4) is 0 Å². The van der Waals surface area contributed by atoms with Gasteiger partial charge < -0.3 is 24.6 Å². The summed E-state index contributed by atoms with van der Waals surface area (Å²) in [5, 5.41) is 11.6. The van der Waals surface area contributed by atoms with Crippen LogP contribution >= 0.6 is 0 Å². The van der Waals surface area contributed by atoms with E-state index in [0.29, 0.717) is 33.0 Å². The molecule has 0 rings (SSSR count). The summed E-state index contributed by atoms with van der Waals surface area (Å²) >= 11 is 0. The molecule has 0 bridgehead atoms. The van der Waals surface area contributed by atoms with Crippen molar-refractivity contribution in [1.29, 1.82) is 0 Å². The van der Waals surface area contributed by atoms with Gasteiger partial charge in [0.2, 0.25) is 0 Å². The predicted octanol–water partition coefficient (Wildman–Crippen LogP) is 0.119. The summed E-state index contributed by atoms with van der Waals surface area (Å²) in [5.74, 6) is -0.895. The Bertz CT molecular complexity index is 189. The normalized spacial score (nSPS) is 12.6. The van der Waals surface area contributed by atoms with Crippen molar-refractivity contribution in [2.75, 3.05) is 46.7 Å². The van der Waals surface area contributed by atoms with Crippen molar-refractivity contribution < 1.29 is 24.1 Å². The number of likely N-dealkylation sites (N-methyl/N-ethyl adjacent to an activating group) is 1. The lowest BCUT2D eigenvalue weighted by Crippen LogP contribution is -2.40. The summed E-state index contributed by atoms with van der Waals surface area (Å²) in [7, 11) is 1.65. The molecule has 0 amide bonds. The Kier molecular flexibility index (Phi) is 11.3. The quantitative estimate of drug-likeness (QED) is 0.478. The van der Waals surface area contributed by atoms with Gasteiger partial charge in [-0.3, -0.25) is 4.79 Å². The van der Waals surface area contributed by atoms with Gasteiger partial charge in [-0.05, 0) is 13.0 Å². The van der Waals surface area contributed by atoms with Crippen LogP contribution in [0.4, 0.5) is 0 Å². The Labute approximate surface area is 102 Å². The van der Waals surface area contributed by atoms with Gasteiger partial charge in [-0.2, -0.15) is 0 Å². The highest BCUT2D eigenvalue weighted by atomic mass is 16.5. The maximum atomic E-state index is 10.7. The lowest BCUT2D eigenvalue weighted by atomic mass is 10.3. The zero-order valence-corrected chi connectivity index (χ0v) is 10.6. The van der Waals surface area contributed by atoms with Gasteiger partial charge >= 0.3 is 5.97 Å².